The van der Waals surface area contributed by atoms with Gasteiger partial charge >= 0.3 is 0 Å². The van der Waals surface area contributed by atoms with Gasteiger partial charge in [0, 0.05) is 38.9 Å². The van der Waals surface area contributed by atoms with Crippen molar-refractivity contribution in [1.29, 1.82) is 0 Å². The van der Waals surface area contributed by atoms with Crippen LogP contribution in [0.1, 0.15) is 35.0 Å². The first-order valence-corrected chi connectivity index (χ1v) is 11.3. The van der Waals surface area contributed by atoms with E-state index in [-0.39, 0.29) is 5.91 Å². The van der Waals surface area contributed by atoms with Crippen molar-refractivity contribution in [2.24, 2.45) is 0 Å². The highest BCUT2D eigenvalue weighted by atomic mass is 32.1. The van der Waals surface area contributed by atoms with E-state index < -0.39 is 0 Å². The zero-order chi connectivity index (χ0) is 20.9. The fraction of sp³-hybridized carbons (Fsp3) is 0.409. The van der Waals surface area contributed by atoms with Crippen LogP contribution >= 0.6 is 11.3 Å². The normalized spacial score (nSPS) is 14.8. The van der Waals surface area contributed by atoms with Crippen molar-refractivity contribution >= 4 is 22.4 Å². The van der Waals surface area contributed by atoms with Crippen LogP contribution < -0.4 is 10.2 Å². The molecule has 2 aromatic heterocycles. The molecule has 1 aliphatic rings. The number of carbonyl (C=O) groups is 1. The van der Waals surface area contributed by atoms with E-state index in [9.17, 15) is 4.79 Å². The average Bonchev–Trinajstić information content (AvgIpc) is 3.43. The summed E-state index contributed by atoms with van der Waals surface area (Å²) in [6, 6.07) is 11.8. The smallest absolute Gasteiger partial charge is 0.268 e. The molecule has 0 radical (unpaired) electrons. The van der Waals surface area contributed by atoms with Gasteiger partial charge in [0.1, 0.15) is 5.69 Å². The predicted octanol–water partition coefficient (Wildman–Crippen LogP) is 3.10. The summed E-state index contributed by atoms with van der Waals surface area (Å²) < 4.78 is 1.82. The largest absolute Gasteiger partial charge is 0.347 e. The van der Waals surface area contributed by atoms with Crippen LogP contribution in [0.5, 0.6) is 0 Å². The van der Waals surface area contributed by atoms with Crippen molar-refractivity contribution in [2.75, 3.05) is 37.6 Å². The second-order valence-corrected chi connectivity index (χ2v) is 8.56. The van der Waals surface area contributed by atoms with E-state index in [0.717, 1.165) is 43.4 Å². The minimum Gasteiger partial charge on any atom is -0.347 e. The number of benzene rings is 1. The molecule has 1 aliphatic heterocycles. The Kier molecular flexibility index (Phi) is 6.44. The molecule has 0 spiro atoms. The summed E-state index contributed by atoms with van der Waals surface area (Å²) in [6.45, 7) is 9.95. The number of nitrogens with one attached hydrogen (secondary N) is 1. The Balaban J connectivity index is 1.41. The van der Waals surface area contributed by atoms with Crippen LogP contribution in [-0.4, -0.2) is 58.3 Å². The van der Waals surface area contributed by atoms with E-state index in [1.807, 2.05) is 35.0 Å². The Labute approximate surface area is 181 Å². The Morgan fingerprint density at radius 2 is 1.80 bits per heavy atom. The summed E-state index contributed by atoms with van der Waals surface area (Å²) in [4.78, 5) is 17.5. The molecule has 1 amide bonds. The van der Waals surface area contributed by atoms with E-state index >= 15 is 0 Å². The third-order valence-corrected chi connectivity index (χ3v) is 6.33. The second-order valence-electron chi connectivity index (χ2n) is 7.63. The van der Waals surface area contributed by atoms with E-state index in [1.165, 1.54) is 23.3 Å². The molecule has 8 heteroatoms. The van der Waals surface area contributed by atoms with Crippen molar-refractivity contribution in [2.45, 2.75) is 26.8 Å². The Hall–Kier alpha value is -2.71. The molecule has 7 nitrogen and oxygen atoms in total. The van der Waals surface area contributed by atoms with Gasteiger partial charge in [-0.05, 0) is 37.6 Å². The molecule has 30 heavy (non-hydrogen) atoms. The number of hydrogen-bond acceptors (Lipinski definition) is 6. The van der Waals surface area contributed by atoms with Gasteiger partial charge in [0.15, 0.2) is 0 Å². The first-order chi connectivity index (χ1) is 14.6. The van der Waals surface area contributed by atoms with Crippen molar-refractivity contribution in [3.05, 3.63) is 59.4 Å². The number of carbonyl (C=O) groups excluding carboxylic acids is 1. The summed E-state index contributed by atoms with van der Waals surface area (Å²) in [5, 5.41) is 13.4. The highest BCUT2D eigenvalue weighted by Gasteiger charge is 2.21. The van der Waals surface area contributed by atoms with Crippen LogP contribution in [0.25, 0.3) is 5.13 Å². The molecule has 1 aromatic carbocycles. The fourth-order valence-corrected chi connectivity index (χ4v) is 4.52. The van der Waals surface area contributed by atoms with Crippen LogP contribution in [0, 0.1) is 6.92 Å². The molecule has 0 unspecified atom stereocenters. The molecule has 1 N–H and O–H groups in total. The molecule has 1 fully saturated rings. The van der Waals surface area contributed by atoms with Gasteiger partial charge in [-0.1, -0.05) is 48.1 Å². The topological polar surface area (TPSA) is 66.3 Å². The van der Waals surface area contributed by atoms with Crippen LogP contribution in [-0.2, 0) is 6.54 Å². The maximum absolute atomic E-state index is 12.8. The first-order valence-electron chi connectivity index (χ1n) is 10.5. The number of hydrogen-bond donors (Lipinski definition) is 1. The van der Waals surface area contributed by atoms with Gasteiger partial charge in [-0.25, -0.2) is 0 Å². The van der Waals surface area contributed by atoms with E-state index in [4.69, 9.17) is 0 Å². The Morgan fingerprint density at radius 1 is 1.07 bits per heavy atom. The van der Waals surface area contributed by atoms with Gasteiger partial charge in [0.25, 0.3) is 5.91 Å². The molecular formula is C22H28N6OS. The highest BCUT2D eigenvalue weighted by molar-refractivity contribution is 7.17. The lowest BCUT2D eigenvalue weighted by molar-refractivity contribution is 0.0944. The lowest BCUT2D eigenvalue weighted by Gasteiger charge is -2.33. The number of aryl methyl sites for hydroxylation is 1. The van der Waals surface area contributed by atoms with E-state index in [1.54, 1.807) is 0 Å². The molecule has 1 saturated heterocycles. The van der Waals surface area contributed by atoms with Gasteiger partial charge in [0.05, 0.1) is 0 Å². The molecule has 0 atom stereocenters. The van der Waals surface area contributed by atoms with Gasteiger partial charge in [-0.2, -0.15) is 0 Å². The fourth-order valence-electron chi connectivity index (χ4n) is 3.62. The second kappa shape index (κ2) is 9.40. The zero-order valence-corrected chi connectivity index (χ0v) is 18.4. The molecule has 0 saturated carbocycles. The van der Waals surface area contributed by atoms with Crippen LogP contribution in [0.3, 0.4) is 0 Å². The van der Waals surface area contributed by atoms with Crippen LogP contribution in [0.4, 0.5) is 5.13 Å². The minimum atomic E-state index is -0.120. The number of aromatic nitrogens is 3. The molecular weight excluding hydrogens is 396 g/mol. The minimum absolute atomic E-state index is 0.120. The standard InChI is InChI=1S/C22H28N6OS/c1-3-10-26-12-14-27(15-13-26)21-24-25-22(30-21)28-11-4-5-19(28)20(29)23-16-18-8-6-17(2)7-9-18/h4-9,11H,3,10,12-16H2,1-2H3,(H,23,29). The van der Waals surface area contributed by atoms with E-state index in [2.05, 4.69) is 51.3 Å². The van der Waals surface area contributed by atoms with E-state index in [0.29, 0.717) is 17.4 Å². The lowest BCUT2D eigenvalue weighted by Crippen LogP contribution is -2.46. The van der Waals surface area contributed by atoms with Crippen molar-refractivity contribution < 1.29 is 4.79 Å². The summed E-state index contributed by atoms with van der Waals surface area (Å²) in [5.41, 5.74) is 2.85. The lowest BCUT2D eigenvalue weighted by atomic mass is 10.1. The SMILES string of the molecule is CCCN1CCN(c2nnc(-n3cccc3C(=O)NCc3ccc(C)cc3)s2)CC1. The maximum Gasteiger partial charge on any atom is 0.268 e. The highest BCUT2D eigenvalue weighted by Crippen LogP contribution is 2.25. The molecule has 158 valence electrons. The zero-order valence-electron chi connectivity index (χ0n) is 17.5. The van der Waals surface area contributed by atoms with Crippen LogP contribution in [0.2, 0.25) is 0 Å². The maximum atomic E-state index is 12.8. The third-order valence-electron chi connectivity index (χ3n) is 5.35. The van der Waals surface area contributed by atoms with Gasteiger partial charge in [0.2, 0.25) is 10.3 Å². The summed E-state index contributed by atoms with van der Waals surface area (Å²) in [5.74, 6) is -0.120. The summed E-state index contributed by atoms with van der Waals surface area (Å²) in [7, 11) is 0. The summed E-state index contributed by atoms with van der Waals surface area (Å²) in [6.07, 6.45) is 3.05. The van der Waals surface area contributed by atoms with Crippen molar-refractivity contribution in [3.8, 4) is 5.13 Å². The van der Waals surface area contributed by atoms with Gasteiger partial charge < -0.3 is 10.2 Å². The predicted molar refractivity (Wildman–Crippen MR) is 121 cm³/mol. The summed E-state index contributed by atoms with van der Waals surface area (Å²) >= 11 is 1.53. The molecule has 3 heterocycles. The number of nitrogens with zero attached hydrogens (tertiary/aromatic N) is 5. The van der Waals surface area contributed by atoms with Crippen LogP contribution in [0.15, 0.2) is 42.6 Å². The molecule has 0 aliphatic carbocycles. The monoisotopic (exact) mass is 424 g/mol. The van der Waals surface area contributed by atoms with Crippen molar-refractivity contribution in [1.82, 2.24) is 25.0 Å². The number of rotatable bonds is 7. The molecule has 0 bridgehead atoms. The third kappa shape index (κ3) is 4.71. The number of amides is 1. The number of anilines is 1. The number of piperazine rings is 1. The Morgan fingerprint density at radius 3 is 2.53 bits per heavy atom. The Bertz CT molecular complexity index is 972. The molecule has 4 rings (SSSR count). The van der Waals surface area contributed by atoms with Crippen molar-refractivity contribution in [3.63, 3.8) is 0 Å². The van der Waals surface area contributed by atoms with Gasteiger partial charge in [-0.3, -0.25) is 14.3 Å². The first kappa shape index (κ1) is 20.6. The molecule has 3 aromatic rings. The van der Waals surface area contributed by atoms with Gasteiger partial charge in [-0.15, -0.1) is 10.2 Å². The average molecular weight is 425 g/mol. The quantitative estimate of drug-likeness (QED) is 0.631.